The van der Waals surface area contributed by atoms with Crippen molar-refractivity contribution < 1.29 is 4.74 Å². The number of nitrogens with zero attached hydrogens (tertiary/aromatic N) is 1. The summed E-state index contributed by atoms with van der Waals surface area (Å²) < 4.78 is 5.47. The Hall–Kier alpha value is -0.120. The maximum Gasteiger partial charge on any atom is 0.0619 e. The van der Waals surface area contributed by atoms with Gasteiger partial charge in [0.25, 0.3) is 0 Å². The van der Waals surface area contributed by atoms with Crippen LogP contribution in [0.5, 0.6) is 0 Å². The normalized spacial score (nSPS) is 26.6. The lowest BCUT2D eigenvalue weighted by Gasteiger charge is -2.28. The molecule has 1 aliphatic carbocycles. The third kappa shape index (κ3) is 3.72. The van der Waals surface area contributed by atoms with E-state index < -0.39 is 0 Å². The van der Waals surface area contributed by atoms with Crippen molar-refractivity contribution in [3.63, 3.8) is 0 Å². The molecule has 1 saturated carbocycles. The molecule has 16 heavy (non-hydrogen) atoms. The molecule has 1 saturated heterocycles. The first-order valence-electron chi connectivity index (χ1n) is 6.84. The number of nitrogens with one attached hydrogen (secondary N) is 1. The minimum absolute atomic E-state index is 0.599. The molecule has 0 bridgehead atoms. The molecule has 0 aromatic heterocycles. The van der Waals surface area contributed by atoms with Crippen LogP contribution in [0, 0.1) is 0 Å². The molecule has 0 aromatic carbocycles. The van der Waals surface area contributed by atoms with Crippen LogP contribution in [-0.4, -0.2) is 49.3 Å². The SMILES string of the molecule is CC(C)N(CCNC1CCCOC1)C1CC1. The van der Waals surface area contributed by atoms with Crippen LogP contribution in [-0.2, 0) is 4.74 Å². The lowest BCUT2D eigenvalue weighted by atomic mass is 10.1. The van der Waals surface area contributed by atoms with Crippen LogP contribution < -0.4 is 5.32 Å². The molecule has 1 N–H and O–H groups in total. The summed E-state index contributed by atoms with van der Waals surface area (Å²) in [5.74, 6) is 0. The molecule has 3 heteroatoms. The predicted molar refractivity (Wildman–Crippen MR) is 66.7 cm³/mol. The Bertz CT molecular complexity index is 196. The summed E-state index contributed by atoms with van der Waals surface area (Å²) >= 11 is 0. The number of hydrogen-bond donors (Lipinski definition) is 1. The van der Waals surface area contributed by atoms with Gasteiger partial charge in [-0.2, -0.15) is 0 Å². The van der Waals surface area contributed by atoms with E-state index in [0.29, 0.717) is 12.1 Å². The van der Waals surface area contributed by atoms with Crippen molar-refractivity contribution in [2.24, 2.45) is 0 Å². The van der Waals surface area contributed by atoms with E-state index in [1.165, 1.54) is 32.2 Å². The summed E-state index contributed by atoms with van der Waals surface area (Å²) in [7, 11) is 0. The molecule has 0 amide bonds. The molecule has 0 radical (unpaired) electrons. The van der Waals surface area contributed by atoms with Crippen molar-refractivity contribution in [2.45, 2.75) is 57.7 Å². The molecular formula is C13H26N2O. The van der Waals surface area contributed by atoms with E-state index in [1.807, 2.05) is 0 Å². The van der Waals surface area contributed by atoms with E-state index in [9.17, 15) is 0 Å². The van der Waals surface area contributed by atoms with Crippen LogP contribution in [0.25, 0.3) is 0 Å². The molecule has 1 atom stereocenters. The summed E-state index contributed by atoms with van der Waals surface area (Å²) in [4.78, 5) is 2.64. The first-order chi connectivity index (χ1) is 7.77. The minimum Gasteiger partial charge on any atom is -0.380 e. The van der Waals surface area contributed by atoms with Crippen molar-refractivity contribution >= 4 is 0 Å². The number of hydrogen-bond acceptors (Lipinski definition) is 3. The maximum atomic E-state index is 5.47. The second-order valence-corrected chi connectivity index (χ2v) is 5.43. The van der Waals surface area contributed by atoms with Gasteiger partial charge in [0.15, 0.2) is 0 Å². The molecule has 2 fully saturated rings. The monoisotopic (exact) mass is 226 g/mol. The summed E-state index contributed by atoms with van der Waals surface area (Å²) in [6, 6.07) is 2.17. The first kappa shape index (κ1) is 12.3. The molecule has 94 valence electrons. The topological polar surface area (TPSA) is 24.5 Å². The van der Waals surface area contributed by atoms with Gasteiger partial charge < -0.3 is 10.1 Å². The Balaban J connectivity index is 1.61. The second kappa shape index (κ2) is 5.99. The highest BCUT2D eigenvalue weighted by atomic mass is 16.5. The first-order valence-corrected chi connectivity index (χ1v) is 6.84. The minimum atomic E-state index is 0.599. The lowest BCUT2D eigenvalue weighted by molar-refractivity contribution is 0.0688. The fraction of sp³-hybridized carbons (Fsp3) is 1.00. The molecule has 0 aromatic rings. The highest BCUT2D eigenvalue weighted by Crippen LogP contribution is 2.27. The van der Waals surface area contributed by atoms with E-state index in [0.717, 1.165) is 25.8 Å². The van der Waals surface area contributed by atoms with Crippen molar-refractivity contribution in [1.29, 1.82) is 0 Å². The van der Waals surface area contributed by atoms with Gasteiger partial charge in [-0.3, -0.25) is 4.90 Å². The molecule has 1 aliphatic heterocycles. The van der Waals surface area contributed by atoms with Crippen LogP contribution in [0.15, 0.2) is 0 Å². The Labute approximate surface area is 99.5 Å². The lowest BCUT2D eigenvalue weighted by Crippen LogP contribution is -2.43. The van der Waals surface area contributed by atoms with E-state index in [4.69, 9.17) is 4.74 Å². The van der Waals surface area contributed by atoms with Gasteiger partial charge >= 0.3 is 0 Å². The standard InChI is InChI=1S/C13H26N2O/c1-11(2)15(13-5-6-13)8-7-14-12-4-3-9-16-10-12/h11-14H,3-10H2,1-2H3. The average Bonchev–Trinajstić information content (AvgIpc) is 3.09. The Morgan fingerprint density at radius 2 is 2.12 bits per heavy atom. The molecule has 1 unspecified atom stereocenters. The number of rotatable bonds is 6. The van der Waals surface area contributed by atoms with Crippen molar-refractivity contribution in [3.8, 4) is 0 Å². The molecule has 2 aliphatic rings. The third-order valence-corrected chi connectivity index (χ3v) is 3.64. The van der Waals surface area contributed by atoms with Gasteiger partial charge in [0.1, 0.15) is 0 Å². The van der Waals surface area contributed by atoms with E-state index in [1.54, 1.807) is 0 Å². The van der Waals surface area contributed by atoms with Crippen molar-refractivity contribution in [1.82, 2.24) is 10.2 Å². The van der Waals surface area contributed by atoms with Gasteiger partial charge in [-0.25, -0.2) is 0 Å². The molecule has 1 heterocycles. The van der Waals surface area contributed by atoms with Crippen molar-refractivity contribution in [3.05, 3.63) is 0 Å². The second-order valence-electron chi connectivity index (χ2n) is 5.43. The summed E-state index contributed by atoms with van der Waals surface area (Å²) in [5, 5.41) is 3.62. The molecule has 3 nitrogen and oxygen atoms in total. The zero-order chi connectivity index (χ0) is 11.4. The molecule has 0 spiro atoms. The predicted octanol–water partition coefficient (Wildman–Crippen LogP) is 1.63. The Kier molecular flexibility index (Phi) is 4.62. The van der Waals surface area contributed by atoms with Gasteiger partial charge in [0.2, 0.25) is 0 Å². The van der Waals surface area contributed by atoms with E-state index in [-0.39, 0.29) is 0 Å². The van der Waals surface area contributed by atoms with E-state index in [2.05, 4.69) is 24.1 Å². The van der Waals surface area contributed by atoms with E-state index >= 15 is 0 Å². The largest absolute Gasteiger partial charge is 0.380 e. The smallest absolute Gasteiger partial charge is 0.0619 e. The van der Waals surface area contributed by atoms with Gasteiger partial charge in [-0.15, -0.1) is 0 Å². The fourth-order valence-electron chi connectivity index (χ4n) is 2.57. The summed E-state index contributed by atoms with van der Waals surface area (Å²) in [5.41, 5.74) is 0. The van der Waals surface area contributed by atoms with Crippen LogP contribution in [0.4, 0.5) is 0 Å². The molecule has 2 rings (SSSR count). The van der Waals surface area contributed by atoms with Crippen molar-refractivity contribution in [2.75, 3.05) is 26.3 Å². The molecular weight excluding hydrogens is 200 g/mol. The van der Waals surface area contributed by atoms with Crippen LogP contribution in [0.3, 0.4) is 0 Å². The zero-order valence-corrected chi connectivity index (χ0v) is 10.7. The Morgan fingerprint density at radius 1 is 1.31 bits per heavy atom. The summed E-state index contributed by atoms with van der Waals surface area (Å²) in [6.45, 7) is 8.79. The quantitative estimate of drug-likeness (QED) is 0.745. The fourth-order valence-corrected chi connectivity index (χ4v) is 2.57. The van der Waals surface area contributed by atoms with Gasteiger partial charge in [-0.1, -0.05) is 0 Å². The summed E-state index contributed by atoms with van der Waals surface area (Å²) in [6.07, 6.45) is 5.31. The third-order valence-electron chi connectivity index (χ3n) is 3.64. The highest BCUT2D eigenvalue weighted by molar-refractivity contribution is 4.86. The van der Waals surface area contributed by atoms with Crippen LogP contribution >= 0.6 is 0 Å². The van der Waals surface area contributed by atoms with Crippen LogP contribution in [0.2, 0.25) is 0 Å². The highest BCUT2D eigenvalue weighted by Gasteiger charge is 2.30. The maximum absolute atomic E-state index is 5.47. The average molecular weight is 226 g/mol. The van der Waals surface area contributed by atoms with Gasteiger partial charge in [-0.05, 0) is 39.5 Å². The van der Waals surface area contributed by atoms with Crippen LogP contribution in [0.1, 0.15) is 39.5 Å². The van der Waals surface area contributed by atoms with Gasteiger partial charge in [0, 0.05) is 37.8 Å². The Morgan fingerprint density at radius 3 is 2.69 bits per heavy atom. The zero-order valence-electron chi connectivity index (χ0n) is 10.7. The number of ether oxygens (including phenoxy) is 1. The van der Waals surface area contributed by atoms with Gasteiger partial charge in [0.05, 0.1) is 6.61 Å².